The van der Waals surface area contributed by atoms with Crippen LogP contribution in [-0.2, 0) is 4.74 Å². The van der Waals surface area contributed by atoms with Crippen molar-refractivity contribution in [3.63, 3.8) is 0 Å². The molecule has 1 aliphatic rings. The molecule has 1 fully saturated rings. The van der Waals surface area contributed by atoms with Crippen LogP contribution >= 0.6 is 0 Å². The Kier molecular flexibility index (Phi) is 3.56. The van der Waals surface area contributed by atoms with Gasteiger partial charge in [0, 0.05) is 36.9 Å². The highest BCUT2D eigenvalue weighted by molar-refractivity contribution is 5.59. The SMILES string of the molecule is c1cnc(Nc2ccc(N3CCOCC3)cc2)nc1. The first-order chi connectivity index (χ1) is 9.42. The first-order valence-corrected chi connectivity index (χ1v) is 6.39. The standard InChI is InChI=1S/C14H16N4O/c1-6-15-14(16-7-1)17-12-2-4-13(5-3-12)18-8-10-19-11-9-18/h1-7H,8-11H2,(H,15,16,17). The Morgan fingerprint density at radius 3 is 2.37 bits per heavy atom. The predicted molar refractivity (Wildman–Crippen MR) is 74.8 cm³/mol. The smallest absolute Gasteiger partial charge is 0.227 e. The molecule has 1 aromatic carbocycles. The summed E-state index contributed by atoms with van der Waals surface area (Å²) in [6.45, 7) is 3.51. The Morgan fingerprint density at radius 1 is 1.00 bits per heavy atom. The lowest BCUT2D eigenvalue weighted by Gasteiger charge is -2.28. The molecule has 0 saturated carbocycles. The molecule has 3 rings (SSSR count). The van der Waals surface area contributed by atoms with Crippen LogP contribution in [0.4, 0.5) is 17.3 Å². The maximum absolute atomic E-state index is 5.35. The van der Waals surface area contributed by atoms with Crippen LogP contribution in [0.5, 0.6) is 0 Å². The van der Waals surface area contributed by atoms with E-state index in [1.165, 1.54) is 5.69 Å². The number of morpholine rings is 1. The Labute approximate surface area is 112 Å². The van der Waals surface area contributed by atoms with Gasteiger partial charge >= 0.3 is 0 Å². The topological polar surface area (TPSA) is 50.3 Å². The fourth-order valence-electron chi connectivity index (χ4n) is 2.07. The highest BCUT2D eigenvalue weighted by atomic mass is 16.5. The van der Waals surface area contributed by atoms with Gasteiger partial charge in [-0.2, -0.15) is 0 Å². The number of aromatic nitrogens is 2. The van der Waals surface area contributed by atoms with Gasteiger partial charge < -0.3 is 15.0 Å². The number of nitrogens with zero attached hydrogens (tertiary/aromatic N) is 3. The van der Waals surface area contributed by atoms with Gasteiger partial charge in [0.1, 0.15) is 0 Å². The molecule has 1 aliphatic heterocycles. The summed E-state index contributed by atoms with van der Waals surface area (Å²) in [7, 11) is 0. The van der Waals surface area contributed by atoms with E-state index < -0.39 is 0 Å². The molecule has 1 N–H and O–H groups in total. The Balaban J connectivity index is 1.68. The number of hydrogen-bond donors (Lipinski definition) is 1. The normalized spacial score (nSPS) is 15.3. The molecular weight excluding hydrogens is 240 g/mol. The van der Waals surface area contributed by atoms with Crippen molar-refractivity contribution in [3.8, 4) is 0 Å². The van der Waals surface area contributed by atoms with Crippen molar-refractivity contribution in [2.75, 3.05) is 36.5 Å². The molecule has 0 unspecified atom stereocenters. The molecule has 2 aromatic rings. The van der Waals surface area contributed by atoms with Crippen molar-refractivity contribution >= 4 is 17.3 Å². The number of hydrogen-bond acceptors (Lipinski definition) is 5. The summed E-state index contributed by atoms with van der Waals surface area (Å²) in [5.74, 6) is 0.613. The average Bonchev–Trinajstić information content (AvgIpc) is 2.50. The quantitative estimate of drug-likeness (QED) is 0.911. The summed E-state index contributed by atoms with van der Waals surface area (Å²) >= 11 is 0. The predicted octanol–water partition coefficient (Wildman–Crippen LogP) is 2.06. The van der Waals surface area contributed by atoms with Crippen molar-refractivity contribution < 1.29 is 4.74 Å². The molecular formula is C14H16N4O. The summed E-state index contributed by atoms with van der Waals surface area (Å²) in [5, 5.41) is 3.17. The summed E-state index contributed by atoms with van der Waals surface area (Å²) in [4.78, 5) is 10.6. The number of ether oxygens (including phenoxy) is 1. The van der Waals surface area contributed by atoms with E-state index in [1.807, 2.05) is 12.1 Å². The van der Waals surface area contributed by atoms with Gasteiger partial charge in [-0.3, -0.25) is 0 Å². The van der Waals surface area contributed by atoms with E-state index in [0.717, 1.165) is 32.0 Å². The highest BCUT2D eigenvalue weighted by Crippen LogP contribution is 2.20. The van der Waals surface area contributed by atoms with Gasteiger partial charge in [-0.15, -0.1) is 0 Å². The summed E-state index contributed by atoms with van der Waals surface area (Å²) in [6.07, 6.45) is 3.44. The molecule has 1 saturated heterocycles. The molecule has 2 heterocycles. The Morgan fingerprint density at radius 2 is 1.68 bits per heavy atom. The molecule has 0 spiro atoms. The first kappa shape index (κ1) is 11.9. The lowest BCUT2D eigenvalue weighted by molar-refractivity contribution is 0.122. The first-order valence-electron chi connectivity index (χ1n) is 6.39. The number of nitrogens with one attached hydrogen (secondary N) is 1. The molecule has 0 aliphatic carbocycles. The van der Waals surface area contributed by atoms with Crippen LogP contribution in [0.2, 0.25) is 0 Å². The van der Waals surface area contributed by atoms with Crippen molar-refractivity contribution in [2.45, 2.75) is 0 Å². The van der Waals surface area contributed by atoms with Crippen LogP contribution in [0.15, 0.2) is 42.7 Å². The number of rotatable bonds is 3. The molecule has 0 atom stereocenters. The largest absolute Gasteiger partial charge is 0.378 e. The second kappa shape index (κ2) is 5.67. The molecule has 19 heavy (non-hydrogen) atoms. The minimum Gasteiger partial charge on any atom is -0.378 e. The van der Waals surface area contributed by atoms with E-state index in [9.17, 15) is 0 Å². The minimum atomic E-state index is 0.613. The molecule has 0 radical (unpaired) electrons. The van der Waals surface area contributed by atoms with E-state index >= 15 is 0 Å². The van der Waals surface area contributed by atoms with Gasteiger partial charge in [-0.25, -0.2) is 9.97 Å². The lowest BCUT2D eigenvalue weighted by atomic mass is 10.2. The number of anilines is 3. The van der Waals surface area contributed by atoms with E-state index in [2.05, 4.69) is 32.3 Å². The fourth-order valence-corrected chi connectivity index (χ4v) is 2.07. The molecule has 0 amide bonds. The second-order valence-electron chi connectivity index (χ2n) is 4.34. The van der Waals surface area contributed by atoms with Gasteiger partial charge in [0.15, 0.2) is 0 Å². The van der Waals surface area contributed by atoms with Crippen LogP contribution < -0.4 is 10.2 Å². The van der Waals surface area contributed by atoms with E-state index in [-0.39, 0.29) is 0 Å². The zero-order valence-electron chi connectivity index (χ0n) is 10.6. The third-order valence-corrected chi connectivity index (χ3v) is 3.07. The second-order valence-corrected chi connectivity index (χ2v) is 4.34. The van der Waals surface area contributed by atoms with Crippen LogP contribution in [0, 0.1) is 0 Å². The summed E-state index contributed by atoms with van der Waals surface area (Å²) in [5.41, 5.74) is 2.21. The maximum Gasteiger partial charge on any atom is 0.227 e. The van der Waals surface area contributed by atoms with E-state index in [0.29, 0.717) is 5.95 Å². The van der Waals surface area contributed by atoms with Gasteiger partial charge in [0.2, 0.25) is 5.95 Å². The van der Waals surface area contributed by atoms with Crippen LogP contribution in [0.1, 0.15) is 0 Å². The Bertz CT molecular complexity index is 509. The lowest BCUT2D eigenvalue weighted by Crippen LogP contribution is -2.36. The van der Waals surface area contributed by atoms with Crippen LogP contribution in [0.3, 0.4) is 0 Å². The van der Waals surface area contributed by atoms with Gasteiger partial charge in [0.05, 0.1) is 13.2 Å². The van der Waals surface area contributed by atoms with E-state index in [1.54, 1.807) is 18.5 Å². The third kappa shape index (κ3) is 3.00. The van der Waals surface area contributed by atoms with Gasteiger partial charge in [-0.1, -0.05) is 0 Å². The summed E-state index contributed by atoms with van der Waals surface area (Å²) < 4.78 is 5.35. The minimum absolute atomic E-state index is 0.613. The maximum atomic E-state index is 5.35. The molecule has 1 aromatic heterocycles. The van der Waals surface area contributed by atoms with Gasteiger partial charge in [-0.05, 0) is 30.3 Å². The zero-order chi connectivity index (χ0) is 12.9. The van der Waals surface area contributed by atoms with Gasteiger partial charge in [0.25, 0.3) is 0 Å². The zero-order valence-corrected chi connectivity index (χ0v) is 10.6. The number of benzene rings is 1. The monoisotopic (exact) mass is 256 g/mol. The third-order valence-electron chi connectivity index (χ3n) is 3.07. The fraction of sp³-hybridized carbons (Fsp3) is 0.286. The molecule has 5 heteroatoms. The molecule has 0 bridgehead atoms. The molecule has 98 valence electrons. The highest BCUT2D eigenvalue weighted by Gasteiger charge is 2.10. The van der Waals surface area contributed by atoms with Crippen molar-refractivity contribution in [3.05, 3.63) is 42.7 Å². The summed E-state index contributed by atoms with van der Waals surface area (Å²) in [6, 6.07) is 10.1. The Hall–Kier alpha value is -2.14. The van der Waals surface area contributed by atoms with Crippen LogP contribution in [-0.4, -0.2) is 36.3 Å². The molecule has 5 nitrogen and oxygen atoms in total. The van der Waals surface area contributed by atoms with Crippen molar-refractivity contribution in [2.24, 2.45) is 0 Å². The average molecular weight is 256 g/mol. The van der Waals surface area contributed by atoms with Crippen molar-refractivity contribution in [1.82, 2.24) is 9.97 Å². The van der Waals surface area contributed by atoms with Crippen LogP contribution in [0.25, 0.3) is 0 Å². The van der Waals surface area contributed by atoms with E-state index in [4.69, 9.17) is 4.74 Å². The van der Waals surface area contributed by atoms with Crippen molar-refractivity contribution in [1.29, 1.82) is 0 Å².